The molecule has 0 aliphatic rings. The summed E-state index contributed by atoms with van der Waals surface area (Å²) in [5.41, 5.74) is 0. The maximum absolute atomic E-state index is 9.24. The number of carbonyl (C=O) groups is 2. The van der Waals surface area contributed by atoms with E-state index in [9.17, 15) is 9.59 Å². The number of alkyl halides is 2. The fraction of sp³-hybridized carbons (Fsp3) is 0.500. The number of rotatable bonds is 2. The van der Waals surface area contributed by atoms with Crippen LogP contribution in [0.15, 0.2) is 0 Å². The molecule has 0 atom stereocenters. The third kappa shape index (κ3) is 39.0. The van der Waals surface area contributed by atoms with E-state index in [1.165, 1.54) is 0 Å². The number of carboxylic acid groups (broad SMARTS) is 2. The van der Waals surface area contributed by atoms with Crippen LogP contribution >= 0.6 is 23.2 Å². The molecule has 0 aliphatic carbocycles. The Balaban J connectivity index is -0.000000107. The van der Waals surface area contributed by atoms with Gasteiger partial charge in [0, 0.05) is 20.4 Å². The van der Waals surface area contributed by atoms with Crippen LogP contribution in [0.1, 0.15) is 0 Å². The van der Waals surface area contributed by atoms with Crippen molar-refractivity contribution in [1.29, 1.82) is 0 Å². The van der Waals surface area contributed by atoms with E-state index in [0.717, 1.165) is 0 Å². The van der Waals surface area contributed by atoms with Crippen molar-refractivity contribution < 1.29 is 40.2 Å². The van der Waals surface area contributed by atoms with Crippen LogP contribution in [0.4, 0.5) is 0 Å². The normalized spacial score (nSPS) is 6.73. The number of aliphatic carboxylic acids is 2. The standard InChI is InChI=1S/2C2H3ClO2.Pd/c2*3-1-2(4)5;/h2*1H2,(H,4,5);. The number of hydrogen-bond acceptors (Lipinski definition) is 2. The van der Waals surface area contributed by atoms with E-state index in [1.807, 2.05) is 0 Å². The summed E-state index contributed by atoms with van der Waals surface area (Å²) in [4.78, 5) is 18.5. The molecule has 0 radical (unpaired) electrons. The number of halogens is 2. The summed E-state index contributed by atoms with van der Waals surface area (Å²) in [6, 6.07) is 0. The average molecular weight is 295 g/mol. The van der Waals surface area contributed by atoms with Crippen LogP contribution in [0, 0.1) is 0 Å². The molecule has 0 rings (SSSR count). The molecule has 70 valence electrons. The van der Waals surface area contributed by atoms with Gasteiger partial charge in [0.15, 0.2) is 0 Å². The van der Waals surface area contributed by atoms with E-state index in [-0.39, 0.29) is 32.2 Å². The van der Waals surface area contributed by atoms with Crippen LogP contribution in [0.3, 0.4) is 0 Å². The molecule has 0 aromatic carbocycles. The quantitative estimate of drug-likeness (QED) is 0.578. The van der Waals surface area contributed by atoms with E-state index < -0.39 is 11.9 Å². The van der Waals surface area contributed by atoms with Gasteiger partial charge in [-0.25, -0.2) is 0 Å². The first-order chi connectivity index (χ1) is 4.54. The van der Waals surface area contributed by atoms with E-state index in [0.29, 0.717) is 0 Å². The van der Waals surface area contributed by atoms with Crippen LogP contribution in [0.5, 0.6) is 0 Å². The topological polar surface area (TPSA) is 74.6 Å². The first-order valence-corrected chi connectivity index (χ1v) is 3.17. The average Bonchev–Trinajstić information content (AvgIpc) is 1.89. The molecule has 0 amide bonds. The zero-order valence-electron chi connectivity index (χ0n) is 5.20. The summed E-state index contributed by atoms with van der Waals surface area (Å²) >= 11 is 9.47. The molecule has 0 heterocycles. The molecular formula is C4H6Cl2O4Pd. The summed E-state index contributed by atoms with van der Waals surface area (Å²) in [6.45, 7) is 0. The Labute approximate surface area is 87.1 Å². The Morgan fingerprint density at radius 2 is 1.09 bits per heavy atom. The summed E-state index contributed by atoms with van der Waals surface area (Å²) < 4.78 is 0. The van der Waals surface area contributed by atoms with Crippen LogP contribution in [-0.4, -0.2) is 33.9 Å². The van der Waals surface area contributed by atoms with Crippen molar-refractivity contribution in [3.05, 3.63) is 0 Å². The van der Waals surface area contributed by atoms with Gasteiger partial charge in [-0.1, -0.05) is 0 Å². The van der Waals surface area contributed by atoms with E-state index in [1.54, 1.807) is 0 Å². The molecule has 0 bridgehead atoms. The Morgan fingerprint density at radius 3 is 1.09 bits per heavy atom. The van der Waals surface area contributed by atoms with Gasteiger partial charge in [-0.2, -0.15) is 0 Å². The Kier molecular flexibility index (Phi) is 20.2. The van der Waals surface area contributed by atoms with Crippen LogP contribution in [0.25, 0.3) is 0 Å². The van der Waals surface area contributed by atoms with Crippen molar-refractivity contribution in [2.75, 3.05) is 11.8 Å². The van der Waals surface area contributed by atoms with Crippen molar-refractivity contribution in [2.45, 2.75) is 0 Å². The van der Waals surface area contributed by atoms with E-state index in [2.05, 4.69) is 0 Å². The molecule has 7 heteroatoms. The van der Waals surface area contributed by atoms with Gasteiger partial charge in [0.05, 0.1) is 0 Å². The monoisotopic (exact) mass is 294 g/mol. The molecule has 0 unspecified atom stereocenters. The minimum Gasteiger partial charge on any atom is -0.480 e. The minimum atomic E-state index is -0.980. The Morgan fingerprint density at radius 1 is 1.00 bits per heavy atom. The predicted molar refractivity (Wildman–Crippen MR) is 36.7 cm³/mol. The van der Waals surface area contributed by atoms with Crippen molar-refractivity contribution in [1.82, 2.24) is 0 Å². The zero-order valence-corrected chi connectivity index (χ0v) is 8.26. The third-order valence-corrected chi connectivity index (χ3v) is 0.686. The molecule has 0 aliphatic heterocycles. The summed E-state index contributed by atoms with van der Waals surface area (Å²) in [5.74, 6) is -2.57. The van der Waals surface area contributed by atoms with Crippen molar-refractivity contribution >= 4 is 35.1 Å². The molecule has 0 aromatic rings. The molecule has 0 saturated carbocycles. The van der Waals surface area contributed by atoms with Gasteiger partial charge in [-0.05, 0) is 0 Å². The molecule has 0 aromatic heterocycles. The van der Waals surface area contributed by atoms with Gasteiger partial charge >= 0.3 is 11.9 Å². The number of hydrogen-bond donors (Lipinski definition) is 2. The third-order valence-electron chi connectivity index (χ3n) is 0.229. The maximum Gasteiger partial charge on any atom is 0.318 e. The fourth-order valence-electron chi connectivity index (χ4n) is 0. The molecule has 11 heavy (non-hydrogen) atoms. The minimum absolute atomic E-state index is 0. The summed E-state index contributed by atoms with van der Waals surface area (Å²) in [7, 11) is 0. The fourth-order valence-corrected chi connectivity index (χ4v) is 0. The van der Waals surface area contributed by atoms with Crippen molar-refractivity contribution in [3.8, 4) is 0 Å². The predicted octanol–water partition coefficient (Wildman–Crippen LogP) is 0.617. The first kappa shape index (κ1) is 17.3. The van der Waals surface area contributed by atoms with Crippen LogP contribution in [0.2, 0.25) is 0 Å². The van der Waals surface area contributed by atoms with Gasteiger partial charge in [-0.3, -0.25) is 9.59 Å². The largest absolute Gasteiger partial charge is 0.480 e. The van der Waals surface area contributed by atoms with Crippen LogP contribution in [-0.2, 0) is 30.0 Å². The molecule has 0 saturated heterocycles. The Bertz CT molecular complexity index is 105. The van der Waals surface area contributed by atoms with E-state index >= 15 is 0 Å². The smallest absolute Gasteiger partial charge is 0.318 e. The molecular weight excluding hydrogens is 289 g/mol. The van der Waals surface area contributed by atoms with Crippen LogP contribution < -0.4 is 0 Å². The van der Waals surface area contributed by atoms with Gasteiger partial charge in [0.1, 0.15) is 11.8 Å². The molecule has 4 nitrogen and oxygen atoms in total. The zero-order chi connectivity index (χ0) is 8.57. The second-order valence-electron chi connectivity index (χ2n) is 1.05. The van der Waals surface area contributed by atoms with Gasteiger partial charge in [-0.15, -0.1) is 23.2 Å². The first-order valence-electron chi connectivity index (χ1n) is 2.10. The Hall–Kier alpha value is 0.182. The number of carboxylic acids is 2. The molecule has 2 N–H and O–H groups in total. The van der Waals surface area contributed by atoms with Gasteiger partial charge < -0.3 is 10.2 Å². The second kappa shape index (κ2) is 12.8. The summed E-state index contributed by atoms with van der Waals surface area (Å²) in [6.07, 6.45) is 0. The SMILES string of the molecule is O=C(O)CCl.O=C(O)CCl.[Pd]. The maximum atomic E-state index is 9.24. The molecule has 0 fully saturated rings. The molecule has 0 spiro atoms. The van der Waals surface area contributed by atoms with Crippen molar-refractivity contribution in [2.24, 2.45) is 0 Å². The van der Waals surface area contributed by atoms with Gasteiger partial charge in [0.2, 0.25) is 0 Å². The second-order valence-corrected chi connectivity index (χ2v) is 1.59. The van der Waals surface area contributed by atoms with Gasteiger partial charge in [0.25, 0.3) is 0 Å². The van der Waals surface area contributed by atoms with E-state index in [4.69, 9.17) is 33.4 Å². The summed E-state index contributed by atoms with van der Waals surface area (Å²) in [5, 5.41) is 15.2. The van der Waals surface area contributed by atoms with Crippen molar-refractivity contribution in [3.63, 3.8) is 0 Å².